The molecule has 0 bridgehead atoms. The van der Waals surface area contributed by atoms with E-state index in [4.69, 9.17) is 4.42 Å². The first-order valence-electron chi connectivity index (χ1n) is 5.91. The van der Waals surface area contributed by atoms with Crippen LogP contribution in [0, 0.1) is 5.41 Å². The van der Waals surface area contributed by atoms with Crippen LogP contribution in [0.1, 0.15) is 54.5 Å². The third-order valence-electron chi connectivity index (χ3n) is 4.08. The Morgan fingerprint density at radius 1 is 1.40 bits per heavy atom. The first kappa shape index (κ1) is 9.20. The number of aryl methyl sites for hydroxylation is 2. The topological polar surface area (TPSA) is 30.2 Å². The average molecular weight is 204 g/mol. The molecule has 1 spiro atoms. The number of rotatable bonds is 1. The van der Waals surface area contributed by atoms with E-state index in [1.807, 2.05) is 0 Å². The van der Waals surface area contributed by atoms with Gasteiger partial charge >= 0.3 is 0 Å². The molecule has 2 heteroatoms. The van der Waals surface area contributed by atoms with Crippen LogP contribution in [-0.4, -0.2) is 5.78 Å². The summed E-state index contributed by atoms with van der Waals surface area (Å²) in [4.78, 5) is 12.3. The van der Waals surface area contributed by atoms with Crippen LogP contribution in [0.5, 0.6) is 0 Å². The van der Waals surface area contributed by atoms with E-state index in [0.717, 1.165) is 43.4 Å². The molecule has 80 valence electrons. The Labute approximate surface area is 89.7 Å². The molecule has 2 aliphatic rings. The Bertz CT molecular complexity index is 410. The molecule has 0 N–H and O–H groups in total. The van der Waals surface area contributed by atoms with Gasteiger partial charge in [0.05, 0.1) is 0 Å². The van der Waals surface area contributed by atoms with Crippen LogP contribution in [0.25, 0.3) is 0 Å². The van der Waals surface area contributed by atoms with Crippen molar-refractivity contribution in [2.24, 2.45) is 5.41 Å². The van der Waals surface area contributed by atoms with Crippen LogP contribution >= 0.6 is 0 Å². The second kappa shape index (κ2) is 2.97. The molecule has 0 amide bonds. The zero-order chi connectivity index (χ0) is 10.5. The number of fused-ring (bicyclic) bond motifs is 1. The number of furan rings is 1. The van der Waals surface area contributed by atoms with Crippen molar-refractivity contribution in [1.29, 1.82) is 0 Å². The maximum atomic E-state index is 12.3. The van der Waals surface area contributed by atoms with E-state index >= 15 is 0 Å². The standard InChI is InChI=1S/C13H16O2/c1-2-10-8-9-4-7-13(5-3-6-13)12(14)11(9)15-10/h8H,2-7H2,1H3. The summed E-state index contributed by atoms with van der Waals surface area (Å²) in [6.45, 7) is 2.06. The fourth-order valence-electron chi connectivity index (χ4n) is 2.85. The summed E-state index contributed by atoms with van der Waals surface area (Å²) >= 11 is 0. The lowest BCUT2D eigenvalue weighted by molar-refractivity contribution is 0.0517. The SMILES string of the molecule is CCc1cc2c(o1)C(=O)C1(CCC1)CC2. The molecule has 0 aromatic carbocycles. The maximum Gasteiger partial charge on any atom is 0.204 e. The minimum absolute atomic E-state index is 0.0180. The highest BCUT2D eigenvalue weighted by atomic mass is 16.3. The molecule has 3 rings (SSSR count). The molecule has 0 aliphatic heterocycles. The zero-order valence-electron chi connectivity index (χ0n) is 9.14. The molecule has 15 heavy (non-hydrogen) atoms. The van der Waals surface area contributed by atoms with Gasteiger partial charge in [0.2, 0.25) is 5.78 Å². The molecular formula is C13H16O2. The van der Waals surface area contributed by atoms with Gasteiger partial charge < -0.3 is 4.42 Å². The lowest BCUT2D eigenvalue weighted by atomic mass is 9.60. The summed E-state index contributed by atoms with van der Waals surface area (Å²) in [5.74, 6) is 1.93. The molecule has 1 aromatic rings. The Morgan fingerprint density at radius 2 is 2.20 bits per heavy atom. The van der Waals surface area contributed by atoms with E-state index in [1.54, 1.807) is 0 Å². The van der Waals surface area contributed by atoms with Crippen LogP contribution < -0.4 is 0 Å². The average Bonchev–Trinajstić information content (AvgIpc) is 2.60. The molecule has 1 heterocycles. The zero-order valence-corrected chi connectivity index (χ0v) is 9.14. The van der Waals surface area contributed by atoms with E-state index in [2.05, 4.69) is 13.0 Å². The largest absolute Gasteiger partial charge is 0.458 e. The lowest BCUT2D eigenvalue weighted by Crippen LogP contribution is -2.41. The fraction of sp³-hybridized carbons (Fsp3) is 0.615. The predicted octanol–water partition coefficient (Wildman–Crippen LogP) is 3.14. The first-order valence-corrected chi connectivity index (χ1v) is 5.91. The Hall–Kier alpha value is -1.05. The number of carbonyl (C=O) groups excluding carboxylic acids is 1. The van der Waals surface area contributed by atoms with Gasteiger partial charge in [-0.25, -0.2) is 0 Å². The second-order valence-corrected chi connectivity index (χ2v) is 4.88. The first-order chi connectivity index (χ1) is 7.25. The molecule has 1 saturated carbocycles. The van der Waals surface area contributed by atoms with Crippen molar-refractivity contribution in [3.8, 4) is 0 Å². The molecule has 0 unspecified atom stereocenters. The Morgan fingerprint density at radius 3 is 2.80 bits per heavy atom. The highest BCUT2D eigenvalue weighted by Gasteiger charge is 2.48. The number of hydrogen-bond acceptors (Lipinski definition) is 2. The van der Waals surface area contributed by atoms with Crippen LogP contribution in [0.2, 0.25) is 0 Å². The third kappa shape index (κ3) is 1.14. The summed E-state index contributed by atoms with van der Waals surface area (Å²) in [6.07, 6.45) is 6.32. The summed E-state index contributed by atoms with van der Waals surface area (Å²) in [6, 6.07) is 2.07. The van der Waals surface area contributed by atoms with Gasteiger partial charge in [-0.1, -0.05) is 13.3 Å². The minimum atomic E-state index is -0.0180. The predicted molar refractivity (Wildman–Crippen MR) is 57.0 cm³/mol. The van der Waals surface area contributed by atoms with Crippen molar-refractivity contribution in [3.63, 3.8) is 0 Å². The van der Waals surface area contributed by atoms with Crippen LogP contribution in [0.3, 0.4) is 0 Å². The van der Waals surface area contributed by atoms with Crippen molar-refractivity contribution in [2.45, 2.75) is 45.4 Å². The summed E-state index contributed by atoms with van der Waals surface area (Å²) < 4.78 is 5.65. The number of Topliss-reactive ketones (excluding diaryl/α,β-unsaturated/α-hetero) is 1. The van der Waals surface area contributed by atoms with Gasteiger partial charge in [0, 0.05) is 17.4 Å². The Balaban J connectivity index is 2.01. The molecule has 1 fully saturated rings. The van der Waals surface area contributed by atoms with Gasteiger partial charge in [0.1, 0.15) is 5.76 Å². The quantitative estimate of drug-likeness (QED) is 0.703. The van der Waals surface area contributed by atoms with E-state index in [1.165, 1.54) is 6.42 Å². The van der Waals surface area contributed by atoms with E-state index in [0.29, 0.717) is 5.76 Å². The number of carbonyl (C=O) groups is 1. The normalized spacial score (nSPS) is 22.6. The lowest BCUT2D eigenvalue weighted by Gasteiger charge is -2.42. The molecule has 0 radical (unpaired) electrons. The smallest absolute Gasteiger partial charge is 0.204 e. The highest BCUT2D eigenvalue weighted by molar-refractivity contribution is 6.01. The van der Waals surface area contributed by atoms with Crippen LogP contribution in [0.4, 0.5) is 0 Å². The van der Waals surface area contributed by atoms with Crippen molar-refractivity contribution < 1.29 is 9.21 Å². The molecule has 2 aliphatic carbocycles. The van der Waals surface area contributed by atoms with Crippen molar-refractivity contribution in [2.75, 3.05) is 0 Å². The van der Waals surface area contributed by atoms with Crippen molar-refractivity contribution in [3.05, 3.63) is 23.2 Å². The maximum absolute atomic E-state index is 12.3. The highest BCUT2D eigenvalue weighted by Crippen LogP contribution is 2.50. The number of ketones is 1. The summed E-state index contributed by atoms with van der Waals surface area (Å²) in [5, 5.41) is 0. The second-order valence-electron chi connectivity index (χ2n) is 4.88. The van der Waals surface area contributed by atoms with Gasteiger partial charge in [-0.3, -0.25) is 4.79 Å². The van der Waals surface area contributed by atoms with E-state index < -0.39 is 0 Å². The molecule has 1 aromatic heterocycles. The number of hydrogen-bond donors (Lipinski definition) is 0. The Kier molecular flexibility index (Phi) is 1.82. The van der Waals surface area contributed by atoms with Gasteiger partial charge in [0.15, 0.2) is 5.76 Å². The summed E-state index contributed by atoms with van der Waals surface area (Å²) in [5.41, 5.74) is 1.13. The fourth-order valence-corrected chi connectivity index (χ4v) is 2.85. The van der Waals surface area contributed by atoms with Gasteiger partial charge in [0.25, 0.3) is 0 Å². The molecular weight excluding hydrogens is 188 g/mol. The van der Waals surface area contributed by atoms with Crippen molar-refractivity contribution >= 4 is 5.78 Å². The molecule has 0 atom stereocenters. The monoisotopic (exact) mass is 204 g/mol. The van der Waals surface area contributed by atoms with E-state index in [9.17, 15) is 4.79 Å². The third-order valence-corrected chi connectivity index (χ3v) is 4.08. The minimum Gasteiger partial charge on any atom is -0.458 e. The van der Waals surface area contributed by atoms with Gasteiger partial charge in [-0.05, 0) is 31.7 Å². The molecule has 2 nitrogen and oxygen atoms in total. The van der Waals surface area contributed by atoms with Gasteiger partial charge in [-0.2, -0.15) is 0 Å². The molecule has 0 saturated heterocycles. The van der Waals surface area contributed by atoms with E-state index in [-0.39, 0.29) is 11.2 Å². The van der Waals surface area contributed by atoms with Crippen LogP contribution in [-0.2, 0) is 12.8 Å². The summed E-state index contributed by atoms with van der Waals surface area (Å²) in [7, 11) is 0. The van der Waals surface area contributed by atoms with Crippen LogP contribution in [0.15, 0.2) is 10.5 Å². The van der Waals surface area contributed by atoms with Crippen molar-refractivity contribution in [1.82, 2.24) is 0 Å². The van der Waals surface area contributed by atoms with Gasteiger partial charge in [-0.15, -0.1) is 0 Å².